The summed E-state index contributed by atoms with van der Waals surface area (Å²) in [5.41, 5.74) is 3.64. The van der Waals surface area contributed by atoms with Gasteiger partial charge in [-0.3, -0.25) is 4.68 Å². The van der Waals surface area contributed by atoms with E-state index in [9.17, 15) is 0 Å². The molecule has 21 heavy (non-hydrogen) atoms. The summed E-state index contributed by atoms with van der Waals surface area (Å²) in [5, 5.41) is 8.05. The van der Waals surface area contributed by atoms with Gasteiger partial charge in [0.15, 0.2) is 0 Å². The summed E-state index contributed by atoms with van der Waals surface area (Å²) in [6.07, 6.45) is 0.983. The Hall–Kier alpha value is -1.81. The van der Waals surface area contributed by atoms with E-state index < -0.39 is 0 Å². The molecule has 0 aliphatic carbocycles. The number of ether oxygens (including phenoxy) is 1. The van der Waals surface area contributed by atoms with Crippen LogP contribution in [0.5, 0.6) is 5.75 Å². The Morgan fingerprint density at radius 2 is 2.00 bits per heavy atom. The molecule has 0 fully saturated rings. The number of aromatic nitrogens is 2. The molecule has 4 nitrogen and oxygen atoms in total. The summed E-state index contributed by atoms with van der Waals surface area (Å²) < 4.78 is 7.60. The van der Waals surface area contributed by atoms with Gasteiger partial charge >= 0.3 is 0 Å². The van der Waals surface area contributed by atoms with E-state index in [2.05, 4.69) is 47.1 Å². The van der Waals surface area contributed by atoms with E-state index in [4.69, 9.17) is 4.74 Å². The zero-order valence-electron chi connectivity index (χ0n) is 13.2. The van der Waals surface area contributed by atoms with Crippen LogP contribution in [-0.4, -0.2) is 16.4 Å². The zero-order valence-corrected chi connectivity index (χ0v) is 13.2. The second kappa shape index (κ2) is 7.84. The fourth-order valence-electron chi connectivity index (χ4n) is 2.35. The Labute approximate surface area is 127 Å². The fraction of sp³-hybridized carbons (Fsp3) is 0.471. The van der Waals surface area contributed by atoms with E-state index in [0.29, 0.717) is 6.61 Å². The van der Waals surface area contributed by atoms with Crippen molar-refractivity contribution in [3.05, 3.63) is 47.3 Å². The Balaban J connectivity index is 1.92. The van der Waals surface area contributed by atoms with Crippen LogP contribution in [0, 0.1) is 0 Å². The first-order valence-electron chi connectivity index (χ1n) is 7.74. The first kappa shape index (κ1) is 15.6. The van der Waals surface area contributed by atoms with Crippen molar-refractivity contribution < 1.29 is 4.74 Å². The molecule has 0 atom stereocenters. The number of rotatable bonds is 8. The average molecular weight is 287 g/mol. The molecule has 1 aromatic heterocycles. The minimum atomic E-state index is 0.701. The van der Waals surface area contributed by atoms with Crippen LogP contribution in [0.4, 0.5) is 0 Å². The maximum absolute atomic E-state index is 5.52. The first-order valence-corrected chi connectivity index (χ1v) is 7.74. The van der Waals surface area contributed by atoms with Crippen molar-refractivity contribution in [2.45, 2.75) is 46.8 Å². The van der Waals surface area contributed by atoms with Crippen molar-refractivity contribution in [2.24, 2.45) is 0 Å². The van der Waals surface area contributed by atoms with Crippen molar-refractivity contribution in [1.29, 1.82) is 0 Å². The van der Waals surface area contributed by atoms with Gasteiger partial charge in [-0.05, 0) is 44.0 Å². The highest BCUT2D eigenvalue weighted by Crippen LogP contribution is 2.13. The second-order valence-corrected chi connectivity index (χ2v) is 4.98. The molecule has 4 heteroatoms. The Kier molecular flexibility index (Phi) is 5.81. The Morgan fingerprint density at radius 3 is 2.71 bits per heavy atom. The number of aryl methyl sites for hydroxylation is 2. The van der Waals surface area contributed by atoms with Gasteiger partial charge in [-0.25, -0.2) is 0 Å². The van der Waals surface area contributed by atoms with Crippen LogP contribution in [-0.2, 0) is 26.1 Å². The average Bonchev–Trinajstić information content (AvgIpc) is 2.90. The largest absolute Gasteiger partial charge is 0.494 e. The van der Waals surface area contributed by atoms with Gasteiger partial charge in [-0.2, -0.15) is 5.10 Å². The highest BCUT2D eigenvalue weighted by Gasteiger charge is 2.05. The molecule has 2 aromatic rings. The third kappa shape index (κ3) is 4.33. The normalized spacial score (nSPS) is 10.8. The second-order valence-electron chi connectivity index (χ2n) is 4.98. The molecule has 0 bridgehead atoms. The molecule has 0 aliphatic heterocycles. The van der Waals surface area contributed by atoms with Crippen LogP contribution in [0.3, 0.4) is 0 Å². The topological polar surface area (TPSA) is 39.1 Å². The molecule has 0 radical (unpaired) electrons. The van der Waals surface area contributed by atoms with Gasteiger partial charge in [-0.1, -0.05) is 19.1 Å². The quantitative estimate of drug-likeness (QED) is 0.810. The molecular formula is C17H25N3O. The van der Waals surface area contributed by atoms with Gasteiger partial charge in [0.05, 0.1) is 18.0 Å². The van der Waals surface area contributed by atoms with Crippen molar-refractivity contribution in [3.63, 3.8) is 0 Å². The van der Waals surface area contributed by atoms with Gasteiger partial charge in [0.1, 0.15) is 5.75 Å². The molecule has 1 N–H and O–H groups in total. The summed E-state index contributed by atoms with van der Waals surface area (Å²) in [5.74, 6) is 0.934. The molecule has 0 saturated carbocycles. The minimum Gasteiger partial charge on any atom is -0.494 e. The molecule has 0 unspecified atom stereocenters. The van der Waals surface area contributed by atoms with Crippen LogP contribution >= 0.6 is 0 Å². The minimum absolute atomic E-state index is 0.701. The number of hydrogen-bond acceptors (Lipinski definition) is 3. The van der Waals surface area contributed by atoms with Crippen LogP contribution in [0.2, 0.25) is 0 Å². The molecule has 0 aliphatic rings. The molecule has 0 saturated heterocycles. The number of hydrogen-bond donors (Lipinski definition) is 1. The number of nitrogens with zero attached hydrogens (tertiary/aromatic N) is 2. The number of nitrogens with one attached hydrogen (secondary N) is 1. The van der Waals surface area contributed by atoms with Crippen molar-refractivity contribution in [1.82, 2.24) is 15.1 Å². The number of benzene rings is 1. The van der Waals surface area contributed by atoms with Gasteiger partial charge in [0, 0.05) is 19.6 Å². The summed E-state index contributed by atoms with van der Waals surface area (Å²) in [6.45, 7) is 9.54. The molecular weight excluding hydrogens is 262 g/mol. The lowest BCUT2D eigenvalue weighted by atomic mass is 10.2. The van der Waals surface area contributed by atoms with Crippen LogP contribution in [0.1, 0.15) is 37.7 Å². The SMILES string of the molecule is CCOc1cccc(CNCc2cc(CC)nn2CC)c1. The third-order valence-electron chi connectivity index (χ3n) is 3.42. The van der Waals surface area contributed by atoms with E-state index in [0.717, 1.165) is 37.5 Å². The lowest BCUT2D eigenvalue weighted by molar-refractivity contribution is 0.340. The molecule has 1 heterocycles. The van der Waals surface area contributed by atoms with Gasteiger partial charge in [0.25, 0.3) is 0 Å². The molecule has 0 spiro atoms. The van der Waals surface area contributed by atoms with Gasteiger partial charge in [0.2, 0.25) is 0 Å². The highest BCUT2D eigenvalue weighted by molar-refractivity contribution is 5.28. The van der Waals surface area contributed by atoms with Crippen LogP contribution in [0.25, 0.3) is 0 Å². The molecule has 2 rings (SSSR count). The summed E-state index contributed by atoms with van der Waals surface area (Å²) in [7, 11) is 0. The highest BCUT2D eigenvalue weighted by atomic mass is 16.5. The summed E-state index contributed by atoms with van der Waals surface area (Å²) >= 11 is 0. The van der Waals surface area contributed by atoms with E-state index in [-0.39, 0.29) is 0 Å². The summed E-state index contributed by atoms with van der Waals surface area (Å²) in [6, 6.07) is 10.4. The molecule has 114 valence electrons. The first-order chi connectivity index (χ1) is 10.3. The van der Waals surface area contributed by atoms with Crippen molar-refractivity contribution >= 4 is 0 Å². The lowest BCUT2D eigenvalue weighted by Gasteiger charge is -2.08. The third-order valence-corrected chi connectivity index (χ3v) is 3.42. The van der Waals surface area contributed by atoms with Gasteiger partial charge in [-0.15, -0.1) is 0 Å². The van der Waals surface area contributed by atoms with E-state index in [1.54, 1.807) is 0 Å². The fourth-order valence-corrected chi connectivity index (χ4v) is 2.35. The van der Waals surface area contributed by atoms with E-state index >= 15 is 0 Å². The van der Waals surface area contributed by atoms with Crippen molar-refractivity contribution in [3.8, 4) is 5.75 Å². The molecule has 0 amide bonds. The standard InChI is InChI=1S/C17H25N3O/c1-4-15-11-16(20(5-2)19-15)13-18-12-14-8-7-9-17(10-14)21-6-3/h7-11,18H,4-6,12-13H2,1-3H3. The molecule has 1 aromatic carbocycles. The predicted molar refractivity (Wildman–Crippen MR) is 85.4 cm³/mol. The van der Waals surface area contributed by atoms with Gasteiger partial charge < -0.3 is 10.1 Å². The maximum atomic E-state index is 5.52. The summed E-state index contributed by atoms with van der Waals surface area (Å²) in [4.78, 5) is 0. The Morgan fingerprint density at radius 1 is 1.14 bits per heavy atom. The van der Waals surface area contributed by atoms with E-state index in [1.165, 1.54) is 11.3 Å². The van der Waals surface area contributed by atoms with Crippen LogP contribution in [0.15, 0.2) is 30.3 Å². The lowest BCUT2D eigenvalue weighted by Crippen LogP contribution is -2.16. The van der Waals surface area contributed by atoms with E-state index in [1.807, 2.05) is 19.1 Å². The predicted octanol–water partition coefficient (Wildman–Crippen LogP) is 3.15. The van der Waals surface area contributed by atoms with Crippen molar-refractivity contribution in [2.75, 3.05) is 6.61 Å². The smallest absolute Gasteiger partial charge is 0.119 e. The maximum Gasteiger partial charge on any atom is 0.119 e. The monoisotopic (exact) mass is 287 g/mol. The zero-order chi connectivity index (χ0) is 15.1. The van der Waals surface area contributed by atoms with Crippen LogP contribution < -0.4 is 10.1 Å². The Bertz CT molecular complexity index is 563.